The summed E-state index contributed by atoms with van der Waals surface area (Å²) in [6.45, 7) is 2.18. The van der Waals surface area contributed by atoms with E-state index in [1.807, 2.05) is 0 Å². The summed E-state index contributed by atoms with van der Waals surface area (Å²) in [4.78, 5) is 0. The van der Waals surface area contributed by atoms with E-state index in [1.165, 1.54) is 44.2 Å². The largest absolute Gasteiger partial charge is 0.309 e. The maximum absolute atomic E-state index is 2.40. The lowest BCUT2D eigenvalue weighted by atomic mass is 9.98. The third-order valence-corrected chi connectivity index (χ3v) is 5.14. The minimum absolute atomic E-state index is 1.19. The van der Waals surface area contributed by atoms with E-state index in [-0.39, 0.29) is 0 Å². The van der Waals surface area contributed by atoms with Crippen molar-refractivity contribution in [1.82, 2.24) is 4.57 Å². The molecule has 1 heterocycles. The molecule has 124 valence electrons. The van der Waals surface area contributed by atoms with Crippen LogP contribution in [0, 0.1) is 6.92 Å². The fourth-order valence-electron chi connectivity index (χ4n) is 3.96. The number of aromatic nitrogens is 1. The van der Waals surface area contributed by atoms with Crippen molar-refractivity contribution in [2.75, 3.05) is 0 Å². The number of para-hydroxylation sites is 3. The van der Waals surface area contributed by atoms with Crippen LogP contribution in [0.15, 0.2) is 97.1 Å². The van der Waals surface area contributed by atoms with Crippen molar-refractivity contribution in [3.05, 3.63) is 103 Å². The Morgan fingerprint density at radius 1 is 0.538 bits per heavy atom. The second kappa shape index (κ2) is 5.89. The van der Waals surface area contributed by atoms with E-state index >= 15 is 0 Å². The average Bonchev–Trinajstić information content (AvgIpc) is 3.04. The molecule has 0 radical (unpaired) electrons. The van der Waals surface area contributed by atoms with Gasteiger partial charge in [-0.05, 0) is 36.2 Å². The standard InChI is InChI=1S/C25H19N/c1-18-10-5-6-13-20(18)22-15-9-16-23-21-14-7-8-17-24(21)26(25(22)23)19-11-3-2-4-12-19/h2-17H,1H3. The van der Waals surface area contributed by atoms with E-state index in [9.17, 15) is 0 Å². The monoisotopic (exact) mass is 333 g/mol. The van der Waals surface area contributed by atoms with Crippen LogP contribution in [0.4, 0.5) is 0 Å². The molecule has 5 aromatic rings. The van der Waals surface area contributed by atoms with Gasteiger partial charge in [0, 0.05) is 22.0 Å². The quantitative estimate of drug-likeness (QED) is 0.336. The molecular weight excluding hydrogens is 314 g/mol. The number of nitrogens with zero attached hydrogens (tertiary/aromatic N) is 1. The van der Waals surface area contributed by atoms with Crippen LogP contribution in [0.5, 0.6) is 0 Å². The summed E-state index contributed by atoms with van der Waals surface area (Å²) in [6, 6.07) is 34.6. The zero-order valence-corrected chi connectivity index (χ0v) is 14.7. The van der Waals surface area contributed by atoms with E-state index in [2.05, 4.69) is 109 Å². The molecule has 0 bridgehead atoms. The Morgan fingerprint density at radius 3 is 2.04 bits per heavy atom. The van der Waals surface area contributed by atoms with Crippen LogP contribution < -0.4 is 0 Å². The van der Waals surface area contributed by atoms with Crippen molar-refractivity contribution in [2.45, 2.75) is 6.92 Å². The number of benzene rings is 4. The normalized spacial score (nSPS) is 11.3. The molecule has 0 amide bonds. The van der Waals surface area contributed by atoms with Gasteiger partial charge in [-0.15, -0.1) is 0 Å². The zero-order valence-electron chi connectivity index (χ0n) is 14.7. The minimum Gasteiger partial charge on any atom is -0.309 e. The summed E-state index contributed by atoms with van der Waals surface area (Å²) < 4.78 is 2.40. The Kier molecular flexibility index (Phi) is 3.39. The molecule has 0 atom stereocenters. The Balaban J connectivity index is 2.00. The highest BCUT2D eigenvalue weighted by atomic mass is 15.0. The van der Waals surface area contributed by atoms with Crippen LogP contribution in [0.3, 0.4) is 0 Å². The van der Waals surface area contributed by atoms with E-state index in [1.54, 1.807) is 0 Å². The lowest BCUT2D eigenvalue weighted by molar-refractivity contribution is 1.18. The third-order valence-electron chi connectivity index (χ3n) is 5.14. The number of rotatable bonds is 2. The van der Waals surface area contributed by atoms with Crippen LogP contribution in [0.2, 0.25) is 0 Å². The number of hydrogen-bond donors (Lipinski definition) is 0. The Hall–Kier alpha value is -3.32. The molecule has 0 aliphatic heterocycles. The van der Waals surface area contributed by atoms with Crippen LogP contribution in [-0.4, -0.2) is 4.57 Å². The molecular formula is C25H19N. The molecule has 0 unspecified atom stereocenters. The van der Waals surface area contributed by atoms with Crippen LogP contribution in [0.25, 0.3) is 38.6 Å². The number of aryl methyl sites for hydroxylation is 1. The van der Waals surface area contributed by atoms with Gasteiger partial charge < -0.3 is 4.57 Å². The fourth-order valence-corrected chi connectivity index (χ4v) is 3.96. The smallest absolute Gasteiger partial charge is 0.0619 e. The minimum atomic E-state index is 1.19. The maximum Gasteiger partial charge on any atom is 0.0619 e. The van der Waals surface area contributed by atoms with Gasteiger partial charge >= 0.3 is 0 Å². The van der Waals surface area contributed by atoms with E-state index < -0.39 is 0 Å². The topological polar surface area (TPSA) is 4.93 Å². The highest BCUT2D eigenvalue weighted by Crippen LogP contribution is 2.38. The summed E-state index contributed by atoms with van der Waals surface area (Å²) in [5, 5.41) is 2.59. The van der Waals surface area contributed by atoms with Gasteiger partial charge in [0.25, 0.3) is 0 Å². The first-order chi connectivity index (χ1) is 12.8. The van der Waals surface area contributed by atoms with E-state index in [0.29, 0.717) is 0 Å². The molecule has 1 heteroatoms. The molecule has 0 N–H and O–H groups in total. The molecule has 1 aromatic heterocycles. The predicted molar refractivity (Wildman–Crippen MR) is 111 cm³/mol. The molecule has 0 spiro atoms. The Labute approximate surface area is 153 Å². The second-order valence-corrected chi connectivity index (χ2v) is 6.70. The second-order valence-electron chi connectivity index (χ2n) is 6.70. The van der Waals surface area contributed by atoms with Crippen LogP contribution >= 0.6 is 0 Å². The van der Waals surface area contributed by atoms with Crippen molar-refractivity contribution in [2.24, 2.45) is 0 Å². The van der Waals surface area contributed by atoms with Crippen molar-refractivity contribution >= 4 is 21.8 Å². The van der Waals surface area contributed by atoms with Gasteiger partial charge in [-0.1, -0.05) is 78.9 Å². The van der Waals surface area contributed by atoms with Gasteiger partial charge in [-0.2, -0.15) is 0 Å². The summed E-state index contributed by atoms with van der Waals surface area (Å²) >= 11 is 0. The Bertz CT molecular complexity index is 1230. The molecule has 1 nitrogen and oxygen atoms in total. The van der Waals surface area contributed by atoms with Gasteiger partial charge in [-0.3, -0.25) is 0 Å². The van der Waals surface area contributed by atoms with Crippen LogP contribution in [0.1, 0.15) is 5.56 Å². The van der Waals surface area contributed by atoms with Gasteiger partial charge in [0.05, 0.1) is 11.0 Å². The summed E-state index contributed by atoms with van der Waals surface area (Å²) in [7, 11) is 0. The molecule has 5 rings (SSSR count). The maximum atomic E-state index is 2.40. The molecule has 0 aliphatic carbocycles. The molecule has 26 heavy (non-hydrogen) atoms. The van der Waals surface area contributed by atoms with Gasteiger partial charge in [0.1, 0.15) is 0 Å². The number of hydrogen-bond acceptors (Lipinski definition) is 0. The lowest BCUT2D eigenvalue weighted by Crippen LogP contribution is -1.95. The van der Waals surface area contributed by atoms with Gasteiger partial charge in [-0.25, -0.2) is 0 Å². The molecule has 4 aromatic carbocycles. The van der Waals surface area contributed by atoms with Crippen molar-refractivity contribution in [3.8, 4) is 16.8 Å². The van der Waals surface area contributed by atoms with Gasteiger partial charge in [0.2, 0.25) is 0 Å². The van der Waals surface area contributed by atoms with Crippen LogP contribution in [-0.2, 0) is 0 Å². The molecule has 0 aliphatic rings. The molecule has 0 saturated carbocycles. The third kappa shape index (κ3) is 2.18. The predicted octanol–water partition coefficient (Wildman–Crippen LogP) is 6.76. The van der Waals surface area contributed by atoms with Crippen molar-refractivity contribution in [3.63, 3.8) is 0 Å². The zero-order chi connectivity index (χ0) is 17.5. The lowest BCUT2D eigenvalue weighted by Gasteiger charge is -2.13. The SMILES string of the molecule is Cc1ccccc1-c1cccc2c3ccccc3n(-c3ccccc3)c12. The first kappa shape index (κ1) is 15.0. The molecule has 0 fully saturated rings. The van der Waals surface area contributed by atoms with E-state index in [0.717, 1.165) is 0 Å². The number of fused-ring (bicyclic) bond motifs is 3. The summed E-state index contributed by atoms with van der Waals surface area (Å²) in [5.41, 5.74) is 7.58. The average molecular weight is 333 g/mol. The summed E-state index contributed by atoms with van der Waals surface area (Å²) in [6.07, 6.45) is 0. The summed E-state index contributed by atoms with van der Waals surface area (Å²) in [5.74, 6) is 0. The van der Waals surface area contributed by atoms with Crippen molar-refractivity contribution < 1.29 is 0 Å². The van der Waals surface area contributed by atoms with E-state index in [4.69, 9.17) is 0 Å². The van der Waals surface area contributed by atoms with Crippen molar-refractivity contribution in [1.29, 1.82) is 0 Å². The first-order valence-electron chi connectivity index (χ1n) is 8.98. The first-order valence-corrected chi connectivity index (χ1v) is 8.98. The van der Waals surface area contributed by atoms with Gasteiger partial charge in [0.15, 0.2) is 0 Å². The fraction of sp³-hybridized carbons (Fsp3) is 0.0400. The Morgan fingerprint density at radius 2 is 1.19 bits per heavy atom. The highest BCUT2D eigenvalue weighted by molar-refractivity contribution is 6.13. The highest BCUT2D eigenvalue weighted by Gasteiger charge is 2.16. The molecule has 0 saturated heterocycles.